The molecule has 2 aromatic carbocycles. The van der Waals surface area contributed by atoms with E-state index in [9.17, 15) is 24.4 Å². The number of nitrogens with zero attached hydrogens (tertiary/aromatic N) is 3. The van der Waals surface area contributed by atoms with Gasteiger partial charge in [0.15, 0.2) is 6.61 Å². The largest absolute Gasteiger partial charge is 0.452 e. The first kappa shape index (κ1) is 24.2. The Bertz CT molecular complexity index is 1370. The Morgan fingerprint density at radius 1 is 1.08 bits per heavy atom. The number of carbonyl (C=O) groups is 4. The Balaban J connectivity index is 1.41. The number of aromatic nitrogens is 1. The van der Waals surface area contributed by atoms with E-state index in [0.717, 1.165) is 21.8 Å². The van der Waals surface area contributed by atoms with Crippen molar-refractivity contribution in [1.82, 2.24) is 14.8 Å². The summed E-state index contributed by atoms with van der Waals surface area (Å²) in [6.45, 7) is 3.17. The van der Waals surface area contributed by atoms with Crippen LogP contribution in [0.15, 0.2) is 54.6 Å². The summed E-state index contributed by atoms with van der Waals surface area (Å²) in [5.41, 5.74) is 3.52. The number of nitriles is 1. The van der Waals surface area contributed by atoms with Gasteiger partial charge in [0.25, 0.3) is 5.91 Å². The van der Waals surface area contributed by atoms with Gasteiger partial charge in [-0.05, 0) is 49.2 Å². The van der Waals surface area contributed by atoms with E-state index >= 15 is 0 Å². The lowest BCUT2D eigenvalue weighted by Gasteiger charge is -2.13. The van der Waals surface area contributed by atoms with Crippen LogP contribution in [0.4, 0.5) is 10.6 Å². The molecule has 2 heterocycles. The lowest BCUT2D eigenvalue weighted by molar-refractivity contribution is -0.125. The topological polar surface area (TPSA) is 134 Å². The summed E-state index contributed by atoms with van der Waals surface area (Å²) in [7, 11) is 0. The molecule has 2 N–H and O–H groups in total. The zero-order valence-corrected chi connectivity index (χ0v) is 19.7. The molecule has 0 saturated carbocycles. The van der Waals surface area contributed by atoms with Crippen LogP contribution in [0, 0.1) is 25.2 Å². The highest BCUT2D eigenvalue weighted by molar-refractivity contribution is 6.02. The van der Waals surface area contributed by atoms with Crippen LogP contribution in [0.2, 0.25) is 0 Å². The maximum Gasteiger partial charge on any atom is 0.338 e. The molecule has 4 amide bonds. The van der Waals surface area contributed by atoms with Crippen LogP contribution in [0.3, 0.4) is 0 Å². The molecule has 1 aliphatic rings. The molecule has 1 saturated heterocycles. The number of amides is 4. The number of ether oxygens (including phenoxy) is 1. The van der Waals surface area contributed by atoms with Crippen LogP contribution in [-0.4, -0.2) is 46.4 Å². The van der Waals surface area contributed by atoms with Crippen molar-refractivity contribution in [3.05, 3.63) is 82.5 Å². The minimum Gasteiger partial charge on any atom is -0.452 e. The van der Waals surface area contributed by atoms with Crippen molar-refractivity contribution in [3.8, 4) is 11.8 Å². The summed E-state index contributed by atoms with van der Waals surface area (Å²) in [5.74, 6) is -1.31. The maximum atomic E-state index is 12.6. The van der Waals surface area contributed by atoms with E-state index in [4.69, 9.17) is 4.74 Å². The Kier molecular flexibility index (Phi) is 6.83. The summed E-state index contributed by atoms with van der Waals surface area (Å²) < 4.78 is 6.93. The predicted octanol–water partition coefficient (Wildman–Crippen LogP) is 2.81. The van der Waals surface area contributed by atoms with Crippen molar-refractivity contribution >= 4 is 29.6 Å². The maximum absolute atomic E-state index is 12.6. The summed E-state index contributed by atoms with van der Waals surface area (Å²) in [4.78, 5) is 49.6. The number of nitrogens with one attached hydrogen (secondary N) is 2. The van der Waals surface area contributed by atoms with Crippen LogP contribution >= 0.6 is 0 Å². The second kappa shape index (κ2) is 10.1. The molecule has 10 nitrogen and oxygen atoms in total. The average Bonchev–Trinajstić information content (AvgIpc) is 3.32. The fourth-order valence-electron chi connectivity index (χ4n) is 3.89. The minimum absolute atomic E-state index is 0.0314. The lowest BCUT2D eigenvalue weighted by atomic mass is 10.1. The Morgan fingerprint density at radius 2 is 1.78 bits per heavy atom. The molecule has 3 aromatic rings. The Labute approximate surface area is 207 Å². The third-order valence-corrected chi connectivity index (χ3v) is 5.90. The van der Waals surface area contributed by atoms with Gasteiger partial charge >= 0.3 is 12.0 Å². The lowest BCUT2D eigenvalue weighted by Crippen LogP contribution is -2.30. The van der Waals surface area contributed by atoms with Crippen molar-refractivity contribution in [2.45, 2.75) is 20.4 Å². The quantitative estimate of drug-likeness (QED) is 0.391. The fourth-order valence-corrected chi connectivity index (χ4v) is 3.89. The van der Waals surface area contributed by atoms with E-state index in [1.54, 1.807) is 23.6 Å². The number of hydrogen-bond acceptors (Lipinski definition) is 6. The molecular formula is C26H23N5O5. The van der Waals surface area contributed by atoms with Gasteiger partial charge in [0, 0.05) is 11.4 Å². The van der Waals surface area contributed by atoms with Gasteiger partial charge in [-0.2, -0.15) is 5.26 Å². The molecule has 0 radical (unpaired) electrons. The average molecular weight is 486 g/mol. The predicted molar refractivity (Wildman–Crippen MR) is 129 cm³/mol. The van der Waals surface area contributed by atoms with Crippen molar-refractivity contribution < 1.29 is 23.9 Å². The second-order valence-electron chi connectivity index (χ2n) is 8.18. The van der Waals surface area contributed by atoms with E-state index < -0.39 is 24.5 Å². The standard InChI is InChI=1S/C26H23N5O5/c1-16-17(2)31(20-6-4-3-5-7-20)24(21(16)12-27)29-22(32)15-36-25(34)19-10-8-18(9-11-19)14-30-23(33)13-28-26(30)35/h3-11H,13-15H2,1-2H3,(H,28,35)(H,29,32). The molecule has 1 aliphatic heterocycles. The highest BCUT2D eigenvalue weighted by atomic mass is 16.5. The van der Waals surface area contributed by atoms with E-state index in [1.165, 1.54) is 12.1 Å². The summed E-state index contributed by atoms with van der Waals surface area (Å²) >= 11 is 0. The first-order chi connectivity index (χ1) is 17.3. The van der Waals surface area contributed by atoms with E-state index in [0.29, 0.717) is 16.9 Å². The summed E-state index contributed by atoms with van der Waals surface area (Å²) in [6, 6.07) is 17.2. The van der Waals surface area contributed by atoms with Crippen molar-refractivity contribution in [3.63, 3.8) is 0 Å². The molecule has 1 fully saturated rings. The van der Waals surface area contributed by atoms with E-state index in [1.807, 2.05) is 37.3 Å². The molecule has 10 heteroatoms. The number of carbonyl (C=O) groups excluding carboxylic acids is 4. The second-order valence-corrected chi connectivity index (χ2v) is 8.18. The summed E-state index contributed by atoms with van der Waals surface area (Å²) in [6.07, 6.45) is 0. The van der Waals surface area contributed by atoms with Gasteiger partial charge in [-0.3, -0.25) is 19.1 Å². The molecule has 0 aliphatic carbocycles. The molecule has 0 unspecified atom stereocenters. The number of urea groups is 1. The number of para-hydroxylation sites is 1. The Morgan fingerprint density at radius 3 is 2.39 bits per heavy atom. The summed E-state index contributed by atoms with van der Waals surface area (Å²) in [5, 5.41) is 14.8. The highest BCUT2D eigenvalue weighted by Crippen LogP contribution is 2.29. The van der Waals surface area contributed by atoms with Gasteiger partial charge in [-0.25, -0.2) is 9.59 Å². The van der Waals surface area contributed by atoms with Crippen molar-refractivity contribution in [2.75, 3.05) is 18.5 Å². The third-order valence-electron chi connectivity index (χ3n) is 5.90. The molecule has 1 aromatic heterocycles. The first-order valence-corrected chi connectivity index (χ1v) is 11.1. The number of rotatable bonds is 7. The first-order valence-electron chi connectivity index (χ1n) is 11.1. The number of esters is 1. The van der Waals surface area contributed by atoms with Crippen LogP contribution in [0.1, 0.15) is 32.7 Å². The monoisotopic (exact) mass is 485 g/mol. The van der Waals surface area contributed by atoms with Crippen molar-refractivity contribution in [2.24, 2.45) is 0 Å². The van der Waals surface area contributed by atoms with Gasteiger partial charge < -0.3 is 15.4 Å². The zero-order chi connectivity index (χ0) is 25.8. The van der Waals surface area contributed by atoms with Crippen LogP contribution in [0.25, 0.3) is 5.69 Å². The number of benzene rings is 2. The molecular weight excluding hydrogens is 462 g/mol. The highest BCUT2D eigenvalue weighted by Gasteiger charge is 2.28. The molecule has 0 spiro atoms. The van der Waals surface area contributed by atoms with Gasteiger partial charge in [-0.1, -0.05) is 30.3 Å². The molecule has 182 valence electrons. The number of hydrogen-bond donors (Lipinski definition) is 2. The molecule has 36 heavy (non-hydrogen) atoms. The van der Waals surface area contributed by atoms with Crippen LogP contribution in [-0.2, 0) is 20.9 Å². The van der Waals surface area contributed by atoms with Crippen molar-refractivity contribution in [1.29, 1.82) is 5.26 Å². The van der Waals surface area contributed by atoms with Gasteiger partial charge in [-0.15, -0.1) is 0 Å². The molecule has 0 atom stereocenters. The van der Waals surface area contributed by atoms with Crippen LogP contribution < -0.4 is 10.6 Å². The number of anilines is 1. The number of imide groups is 1. The zero-order valence-electron chi connectivity index (χ0n) is 19.7. The van der Waals surface area contributed by atoms with E-state index in [2.05, 4.69) is 16.7 Å². The fraction of sp³-hybridized carbons (Fsp3) is 0.192. The molecule has 0 bridgehead atoms. The third kappa shape index (κ3) is 4.81. The minimum atomic E-state index is -0.710. The SMILES string of the molecule is Cc1c(C#N)c(NC(=O)COC(=O)c2ccc(CN3C(=O)CNC3=O)cc2)n(-c2ccccc2)c1C. The van der Waals surface area contributed by atoms with E-state index in [-0.39, 0.29) is 24.6 Å². The molecule has 4 rings (SSSR count). The van der Waals surface area contributed by atoms with Crippen LogP contribution in [0.5, 0.6) is 0 Å². The van der Waals surface area contributed by atoms with Gasteiger partial charge in [0.1, 0.15) is 11.9 Å². The smallest absolute Gasteiger partial charge is 0.338 e. The van der Waals surface area contributed by atoms with Gasteiger partial charge in [0.05, 0.1) is 24.2 Å². The van der Waals surface area contributed by atoms with Gasteiger partial charge in [0.2, 0.25) is 5.91 Å². The normalized spacial score (nSPS) is 12.8. The Hall–Kier alpha value is -4.91.